The molecule has 24 heavy (non-hydrogen) atoms. The maximum Gasteiger partial charge on any atom is 0.319 e. The van der Waals surface area contributed by atoms with Gasteiger partial charge in [0.05, 0.1) is 14.2 Å². The highest BCUT2D eigenvalue weighted by Crippen LogP contribution is 2.65. The molecule has 0 radical (unpaired) electrons. The normalized spacial score (nSPS) is 44.0. The molecule has 0 unspecified atom stereocenters. The van der Waals surface area contributed by atoms with Crippen molar-refractivity contribution in [3.8, 4) is 0 Å². The Morgan fingerprint density at radius 1 is 0.833 bits per heavy atom. The van der Waals surface area contributed by atoms with Crippen molar-refractivity contribution in [2.75, 3.05) is 14.2 Å². The van der Waals surface area contributed by atoms with Crippen molar-refractivity contribution >= 4 is 23.5 Å². The van der Waals surface area contributed by atoms with Crippen LogP contribution in [0.5, 0.6) is 0 Å². The Morgan fingerprint density at radius 2 is 1.17 bits per heavy atom. The van der Waals surface area contributed by atoms with Crippen molar-refractivity contribution in [1.29, 1.82) is 0 Å². The number of ketones is 2. The topological polar surface area (TPSA) is 86.7 Å². The molecule has 0 aromatic carbocycles. The highest BCUT2D eigenvalue weighted by atomic mass is 16.5. The summed E-state index contributed by atoms with van der Waals surface area (Å²) in [6.45, 7) is 4.06. The molecule has 0 spiro atoms. The second-order valence-corrected chi connectivity index (χ2v) is 7.76. The molecule has 0 amide bonds. The number of carbonyl (C=O) groups excluding carboxylic acids is 4. The van der Waals surface area contributed by atoms with Crippen LogP contribution in [0.4, 0.5) is 0 Å². The summed E-state index contributed by atoms with van der Waals surface area (Å²) in [5.41, 5.74) is -1.40. The Bertz CT molecular complexity index is 551. The van der Waals surface area contributed by atoms with Gasteiger partial charge in [0.1, 0.15) is 10.8 Å². The van der Waals surface area contributed by atoms with Crippen LogP contribution in [-0.2, 0) is 28.7 Å². The van der Waals surface area contributed by atoms with Crippen LogP contribution in [0.15, 0.2) is 0 Å². The van der Waals surface area contributed by atoms with E-state index >= 15 is 0 Å². The van der Waals surface area contributed by atoms with E-state index in [0.717, 1.165) is 12.8 Å². The molecule has 0 aromatic heterocycles. The van der Waals surface area contributed by atoms with E-state index in [0.29, 0.717) is 24.7 Å². The predicted molar refractivity (Wildman–Crippen MR) is 82.7 cm³/mol. The fourth-order valence-electron chi connectivity index (χ4n) is 4.89. The maximum atomic E-state index is 11.4. The van der Waals surface area contributed by atoms with E-state index in [9.17, 15) is 19.2 Å². The Hall–Kier alpha value is -1.72. The van der Waals surface area contributed by atoms with Crippen LogP contribution in [0.25, 0.3) is 0 Å². The van der Waals surface area contributed by atoms with Gasteiger partial charge in [0.25, 0.3) is 0 Å². The van der Waals surface area contributed by atoms with Gasteiger partial charge in [0.2, 0.25) is 0 Å². The van der Waals surface area contributed by atoms with Crippen LogP contribution in [0, 0.1) is 34.5 Å². The van der Waals surface area contributed by atoms with E-state index in [4.69, 9.17) is 0 Å². The van der Waals surface area contributed by atoms with Gasteiger partial charge in [-0.1, -0.05) is 13.8 Å². The first-order valence-electron chi connectivity index (χ1n) is 8.49. The zero-order valence-electron chi connectivity index (χ0n) is 14.6. The summed E-state index contributed by atoms with van der Waals surface area (Å²) < 4.78 is 9.28. The lowest BCUT2D eigenvalue weighted by atomic mass is 10.0. The molecule has 4 aliphatic carbocycles. The van der Waals surface area contributed by atoms with Crippen molar-refractivity contribution in [2.24, 2.45) is 34.5 Å². The van der Waals surface area contributed by atoms with Crippen molar-refractivity contribution in [3.05, 3.63) is 0 Å². The number of methoxy groups -OCH3 is 2. The largest absolute Gasteiger partial charge is 0.468 e. The first-order valence-corrected chi connectivity index (χ1v) is 8.49. The number of fused-ring (bicyclic) bond motifs is 2. The SMILES string of the molecule is COC(=O)[C@@]12C[C@@H]1[C@@H](C)CC2=O.COC(=O)[C@]12C[C@H]1[C@@H](C)CC2=O. The Labute approximate surface area is 141 Å². The molecule has 0 saturated heterocycles. The summed E-state index contributed by atoms with van der Waals surface area (Å²) in [5, 5.41) is 0. The second-order valence-electron chi connectivity index (χ2n) is 7.76. The molecule has 0 aromatic rings. The van der Waals surface area contributed by atoms with Gasteiger partial charge in [-0.2, -0.15) is 0 Å². The van der Waals surface area contributed by atoms with Crippen LogP contribution in [0.3, 0.4) is 0 Å². The molecule has 6 heteroatoms. The molecule has 0 bridgehead atoms. The Morgan fingerprint density at radius 3 is 1.33 bits per heavy atom. The Balaban J connectivity index is 0.000000141. The lowest BCUT2D eigenvalue weighted by Gasteiger charge is -2.05. The third-order valence-corrected chi connectivity index (χ3v) is 6.51. The number of rotatable bonds is 2. The van der Waals surface area contributed by atoms with E-state index in [-0.39, 0.29) is 35.3 Å². The summed E-state index contributed by atoms with van der Waals surface area (Å²) in [5.74, 6) is 0.838. The molecule has 6 nitrogen and oxygen atoms in total. The minimum Gasteiger partial charge on any atom is -0.468 e. The fourth-order valence-corrected chi connectivity index (χ4v) is 4.89. The van der Waals surface area contributed by atoms with Gasteiger partial charge >= 0.3 is 11.9 Å². The average molecular weight is 336 g/mol. The number of Topliss-reactive ketones (excluding diaryl/α,β-unsaturated/α-hetero) is 2. The van der Waals surface area contributed by atoms with E-state index in [1.54, 1.807) is 0 Å². The van der Waals surface area contributed by atoms with Crippen LogP contribution in [0.2, 0.25) is 0 Å². The van der Waals surface area contributed by atoms with E-state index in [1.807, 2.05) is 13.8 Å². The van der Waals surface area contributed by atoms with Crippen molar-refractivity contribution in [2.45, 2.75) is 39.5 Å². The predicted octanol–water partition coefficient (Wildman–Crippen LogP) is 1.55. The lowest BCUT2D eigenvalue weighted by Crippen LogP contribution is -2.24. The number of carbonyl (C=O) groups is 4. The highest BCUT2D eigenvalue weighted by molar-refractivity contribution is 6.10. The van der Waals surface area contributed by atoms with Crippen molar-refractivity contribution in [3.63, 3.8) is 0 Å². The monoisotopic (exact) mass is 336 g/mol. The van der Waals surface area contributed by atoms with Gasteiger partial charge in [0.15, 0.2) is 11.6 Å². The summed E-state index contributed by atoms with van der Waals surface area (Å²) in [6.07, 6.45) is 2.55. The first kappa shape index (κ1) is 17.1. The molecule has 0 aliphatic heterocycles. The molecule has 132 valence electrons. The third kappa shape index (κ3) is 2.07. The summed E-state index contributed by atoms with van der Waals surface area (Å²) in [4.78, 5) is 45.5. The second kappa shape index (κ2) is 5.39. The first-order chi connectivity index (χ1) is 11.3. The quantitative estimate of drug-likeness (QED) is 0.562. The minimum absolute atomic E-state index is 0.0897. The molecule has 4 fully saturated rings. The van der Waals surface area contributed by atoms with Gasteiger partial charge in [-0.3, -0.25) is 19.2 Å². The number of esters is 2. The molecular weight excluding hydrogens is 312 g/mol. The lowest BCUT2D eigenvalue weighted by molar-refractivity contribution is -0.152. The molecule has 4 saturated carbocycles. The van der Waals surface area contributed by atoms with Gasteiger partial charge < -0.3 is 9.47 Å². The fraction of sp³-hybridized carbons (Fsp3) is 0.778. The van der Waals surface area contributed by atoms with Crippen LogP contribution >= 0.6 is 0 Å². The van der Waals surface area contributed by atoms with Gasteiger partial charge in [-0.25, -0.2) is 0 Å². The van der Waals surface area contributed by atoms with Crippen molar-refractivity contribution < 1.29 is 28.7 Å². The summed E-state index contributed by atoms with van der Waals surface area (Å²) >= 11 is 0. The van der Waals surface area contributed by atoms with Crippen molar-refractivity contribution in [1.82, 2.24) is 0 Å². The standard InChI is InChI=1S/2C9H12O3/c2*1-5-3-7(10)9(4-6(5)9)8(11)12-2/h2*5-6H,3-4H2,1-2H3/t5-,6+,9-;5-,6-,9+/m00/s1. The van der Waals surface area contributed by atoms with E-state index in [1.165, 1.54) is 14.2 Å². The molecule has 4 aliphatic rings. The number of hydrogen-bond acceptors (Lipinski definition) is 6. The molecule has 6 atom stereocenters. The highest BCUT2D eigenvalue weighted by Gasteiger charge is 2.72. The molecule has 0 N–H and O–H groups in total. The smallest absolute Gasteiger partial charge is 0.319 e. The van der Waals surface area contributed by atoms with Gasteiger partial charge in [0, 0.05) is 12.8 Å². The van der Waals surface area contributed by atoms with Crippen LogP contribution < -0.4 is 0 Å². The maximum absolute atomic E-state index is 11.4. The minimum atomic E-state index is -0.700. The van der Waals surface area contributed by atoms with Gasteiger partial charge in [-0.05, 0) is 36.5 Å². The zero-order valence-corrected chi connectivity index (χ0v) is 14.6. The summed E-state index contributed by atoms with van der Waals surface area (Å²) in [6, 6.07) is 0. The molecule has 0 heterocycles. The zero-order chi connectivity index (χ0) is 17.9. The van der Waals surface area contributed by atoms with E-state index in [2.05, 4.69) is 9.47 Å². The van der Waals surface area contributed by atoms with Gasteiger partial charge in [-0.15, -0.1) is 0 Å². The molecule has 4 rings (SSSR count). The van der Waals surface area contributed by atoms with Crippen LogP contribution in [-0.4, -0.2) is 37.7 Å². The number of ether oxygens (including phenoxy) is 2. The Kier molecular flexibility index (Phi) is 3.85. The number of hydrogen-bond donors (Lipinski definition) is 0. The average Bonchev–Trinajstić information content (AvgIpc) is 3.42. The van der Waals surface area contributed by atoms with E-state index < -0.39 is 10.8 Å². The summed E-state index contributed by atoms with van der Waals surface area (Å²) in [7, 11) is 2.70. The molecular formula is C18H24O6. The van der Waals surface area contributed by atoms with Crippen LogP contribution in [0.1, 0.15) is 39.5 Å². The third-order valence-electron chi connectivity index (χ3n) is 6.51.